The van der Waals surface area contributed by atoms with Crippen molar-refractivity contribution in [1.29, 1.82) is 0 Å². The lowest BCUT2D eigenvalue weighted by Crippen LogP contribution is -2.11. The quantitative estimate of drug-likeness (QED) is 0.785. The van der Waals surface area contributed by atoms with Gasteiger partial charge in [-0.1, -0.05) is 0 Å². The summed E-state index contributed by atoms with van der Waals surface area (Å²) in [5.74, 6) is -2.22. The molecule has 0 aliphatic carbocycles. The summed E-state index contributed by atoms with van der Waals surface area (Å²) in [5, 5.41) is 8.02. The Morgan fingerprint density at radius 2 is 2.17 bits per heavy atom. The van der Waals surface area contributed by atoms with Gasteiger partial charge in [0.1, 0.15) is 16.5 Å². The molecule has 124 valence electrons. The molecule has 0 saturated carbocycles. The minimum Gasteiger partial charge on any atom is -0.494 e. The molecule has 2 heterocycles. The van der Waals surface area contributed by atoms with E-state index in [2.05, 4.69) is 15.4 Å². The first-order valence-electron chi connectivity index (χ1n) is 6.77. The van der Waals surface area contributed by atoms with Crippen molar-refractivity contribution in [3.63, 3.8) is 0 Å². The third-order valence-corrected chi connectivity index (χ3v) is 4.05. The predicted molar refractivity (Wildman–Crippen MR) is 85.2 cm³/mol. The van der Waals surface area contributed by atoms with Crippen molar-refractivity contribution >= 4 is 22.9 Å². The maximum atomic E-state index is 14.3. The Kier molecular flexibility index (Phi) is 4.26. The molecule has 3 rings (SSSR count). The molecular formula is C15H12F2N4O2S. The first kappa shape index (κ1) is 16.1. The number of carbonyl (C=O) groups excluding carboxylic acids is 1. The standard InChI is InChI=1S/C15H12F2N4O2S/c1-21-6-8(5-18-21)19-14(22)10-7-24-15(20-10)12-9(16)3-4-11(23-2)13(12)17/h3-7H,1-2H3,(H,19,22). The van der Waals surface area contributed by atoms with Gasteiger partial charge in [-0.3, -0.25) is 9.48 Å². The van der Waals surface area contributed by atoms with E-state index >= 15 is 0 Å². The Hall–Kier alpha value is -2.81. The van der Waals surface area contributed by atoms with Gasteiger partial charge in [0.05, 0.1) is 24.6 Å². The molecule has 0 radical (unpaired) electrons. The smallest absolute Gasteiger partial charge is 0.275 e. The Labute approximate surface area is 139 Å². The molecule has 3 aromatic rings. The van der Waals surface area contributed by atoms with Gasteiger partial charge in [-0.15, -0.1) is 11.3 Å². The van der Waals surface area contributed by atoms with Crippen LogP contribution in [-0.4, -0.2) is 27.8 Å². The van der Waals surface area contributed by atoms with Crippen molar-refractivity contribution in [3.8, 4) is 16.3 Å². The first-order valence-corrected chi connectivity index (χ1v) is 7.65. The molecule has 0 unspecified atom stereocenters. The van der Waals surface area contributed by atoms with Crippen LogP contribution < -0.4 is 10.1 Å². The van der Waals surface area contributed by atoms with E-state index in [9.17, 15) is 13.6 Å². The summed E-state index contributed by atoms with van der Waals surface area (Å²) in [5.41, 5.74) is 0.232. The molecule has 0 saturated heterocycles. The molecule has 6 nitrogen and oxygen atoms in total. The number of nitrogens with one attached hydrogen (secondary N) is 1. The summed E-state index contributed by atoms with van der Waals surface area (Å²) in [4.78, 5) is 16.2. The molecule has 1 N–H and O–H groups in total. The van der Waals surface area contributed by atoms with E-state index in [-0.39, 0.29) is 22.0 Å². The molecule has 0 atom stereocenters. The van der Waals surface area contributed by atoms with Gasteiger partial charge < -0.3 is 10.1 Å². The van der Waals surface area contributed by atoms with Gasteiger partial charge in [0.2, 0.25) is 0 Å². The van der Waals surface area contributed by atoms with Crippen LogP contribution in [0, 0.1) is 11.6 Å². The number of aromatic nitrogens is 3. The number of nitrogens with zero attached hydrogens (tertiary/aromatic N) is 3. The SMILES string of the molecule is COc1ccc(F)c(-c2nc(C(=O)Nc3cnn(C)c3)cs2)c1F. The molecule has 0 aliphatic rings. The van der Waals surface area contributed by atoms with Crippen molar-refractivity contribution in [2.24, 2.45) is 7.05 Å². The zero-order chi connectivity index (χ0) is 17.3. The number of halogens is 2. The largest absolute Gasteiger partial charge is 0.494 e. The first-order chi connectivity index (χ1) is 11.5. The van der Waals surface area contributed by atoms with Crippen LogP contribution in [0.4, 0.5) is 14.5 Å². The lowest BCUT2D eigenvalue weighted by molar-refractivity contribution is 0.102. The Morgan fingerprint density at radius 1 is 1.38 bits per heavy atom. The molecular weight excluding hydrogens is 338 g/mol. The van der Waals surface area contributed by atoms with E-state index in [0.717, 1.165) is 17.4 Å². The van der Waals surface area contributed by atoms with Crippen LogP contribution in [-0.2, 0) is 7.05 Å². The fourth-order valence-electron chi connectivity index (χ4n) is 2.06. The predicted octanol–water partition coefficient (Wildman–Crippen LogP) is 3.08. The van der Waals surface area contributed by atoms with Crippen molar-refractivity contribution in [3.05, 3.63) is 47.2 Å². The van der Waals surface area contributed by atoms with E-state index in [1.807, 2.05) is 0 Å². The number of hydrogen-bond donors (Lipinski definition) is 1. The van der Waals surface area contributed by atoms with Crippen molar-refractivity contribution in [2.45, 2.75) is 0 Å². The molecule has 24 heavy (non-hydrogen) atoms. The fourth-order valence-corrected chi connectivity index (χ4v) is 2.90. The highest BCUT2D eigenvalue weighted by molar-refractivity contribution is 7.13. The van der Waals surface area contributed by atoms with Gasteiger partial charge in [0, 0.05) is 18.6 Å². The average Bonchev–Trinajstić information content (AvgIpc) is 3.17. The number of anilines is 1. The van der Waals surface area contributed by atoms with E-state index in [1.165, 1.54) is 29.4 Å². The van der Waals surface area contributed by atoms with E-state index in [0.29, 0.717) is 5.69 Å². The number of carbonyl (C=O) groups is 1. The van der Waals surface area contributed by atoms with Gasteiger partial charge in [-0.05, 0) is 12.1 Å². The topological polar surface area (TPSA) is 69.0 Å². The van der Waals surface area contributed by atoms with Gasteiger partial charge in [-0.25, -0.2) is 13.8 Å². The van der Waals surface area contributed by atoms with E-state index in [1.54, 1.807) is 13.2 Å². The minimum atomic E-state index is -0.855. The Morgan fingerprint density at radius 3 is 2.83 bits per heavy atom. The number of ether oxygens (including phenoxy) is 1. The summed E-state index contributed by atoms with van der Waals surface area (Å²) in [6, 6.07) is 2.28. The second-order valence-electron chi connectivity index (χ2n) is 4.83. The molecule has 0 bridgehead atoms. The van der Waals surface area contributed by atoms with Crippen LogP contribution >= 0.6 is 11.3 Å². The number of thiazole rings is 1. The third-order valence-electron chi connectivity index (χ3n) is 3.19. The lowest BCUT2D eigenvalue weighted by atomic mass is 10.2. The lowest BCUT2D eigenvalue weighted by Gasteiger charge is -2.06. The van der Waals surface area contributed by atoms with Crippen molar-refractivity contribution in [2.75, 3.05) is 12.4 Å². The molecule has 2 aromatic heterocycles. The Balaban J connectivity index is 1.90. The number of amides is 1. The summed E-state index contributed by atoms with van der Waals surface area (Å²) in [6.07, 6.45) is 3.10. The van der Waals surface area contributed by atoms with Crippen LogP contribution in [0.3, 0.4) is 0 Å². The van der Waals surface area contributed by atoms with Crippen molar-refractivity contribution < 1.29 is 18.3 Å². The molecule has 9 heteroatoms. The van der Waals surface area contributed by atoms with Gasteiger partial charge in [0.15, 0.2) is 11.6 Å². The second kappa shape index (κ2) is 6.36. The second-order valence-corrected chi connectivity index (χ2v) is 5.69. The average molecular weight is 350 g/mol. The molecule has 0 fully saturated rings. The highest BCUT2D eigenvalue weighted by atomic mass is 32.1. The normalized spacial score (nSPS) is 10.7. The maximum Gasteiger partial charge on any atom is 0.275 e. The molecule has 0 aliphatic heterocycles. The molecule has 0 spiro atoms. The highest BCUT2D eigenvalue weighted by Gasteiger charge is 2.21. The molecule has 1 aromatic carbocycles. The Bertz CT molecular complexity index is 907. The van der Waals surface area contributed by atoms with Crippen molar-refractivity contribution in [1.82, 2.24) is 14.8 Å². The van der Waals surface area contributed by atoms with Crippen LogP contribution in [0.5, 0.6) is 5.75 Å². The monoisotopic (exact) mass is 350 g/mol. The summed E-state index contributed by atoms with van der Waals surface area (Å²) >= 11 is 0.966. The highest BCUT2D eigenvalue weighted by Crippen LogP contribution is 2.33. The zero-order valence-electron chi connectivity index (χ0n) is 12.7. The van der Waals surface area contributed by atoms with Gasteiger partial charge >= 0.3 is 0 Å². The number of methoxy groups -OCH3 is 1. The van der Waals surface area contributed by atoms with Crippen LogP contribution in [0.25, 0.3) is 10.6 Å². The summed E-state index contributed by atoms with van der Waals surface area (Å²) < 4.78 is 34.6. The van der Waals surface area contributed by atoms with Crippen LogP contribution in [0.1, 0.15) is 10.5 Å². The fraction of sp³-hybridized carbons (Fsp3) is 0.133. The third kappa shape index (κ3) is 2.98. The summed E-state index contributed by atoms with van der Waals surface area (Å²) in [7, 11) is 3.00. The number of benzene rings is 1. The van der Waals surface area contributed by atoms with Gasteiger partial charge in [0.25, 0.3) is 5.91 Å². The van der Waals surface area contributed by atoms with Crippen LogP contribution in [0.2, 0.25) is 0 Å². The minimum absolute atomic E-state index is 0.0558. The maximum absolute atomic E-state index is 14.3. The molecule has 1 amide bonds. The van der Waals surface area contributed by atoms with E-state index < -0.39 is 17.5 Å². The zero-order valence-corrected chi connectivity index (χ0v) is 13.5. The number of rotatable bonds is 4. The van der Waals surface area contributed by atoms with E-state index in [4.69, 9.17) is 4.74 Å². The number of aryl methyl sites for hydroxylation is 1. The number of hydrogen-bond acceptors (Lipinski definition) is 5. The summed E-state index contributed by atoms with van der Waals surface area (Å²) in [6.45, 7) is 0. The van der Waals surface area contributed by atoms with Crippen LogP contribution in [0.15, 0.2) is 29.9 Å². The van der Waals surface area contributed by atoms with Gasteiger partial charge in [-0.2, -0.15) is 5.10 Å².